The number of nitro benzene ring substituents is 1. The maximum Gasteiger partial charge on any atom is 0.273 e. The molecule has 1 unspecified atom stereocenters. The minimum Gasteiger partial charge on any atom is -0.457 e. The molecule has 2 rings (SSSR count). The second kappa shape index (κ2) is 6.16. The van der Waals surface area contributed by atoms with E-state index in [0.717, 1.165) is 12.0 Å². The number of rotatable bonds is 5. The van der Waals surface area contributed by atoms with Gasteiger partial charge >= 0.3 is 0 Å². The average Bonchev–Trinajstić information content (AvgIpc) is 2.47. The van der Waals surface area contributed by atoms with Crippen LogP contribution in [0.1, 0.15) is 24.9 Å². The van der Waals surface area contributed by atoms with Crippen molar-refractivity contribution in [3.05, 3.63) is 64.2 Å². The second-order valence-electron chi connectivity index (χ2n) is 4.44. The van der Waals surface area contributed by atoms with Crippen molar-refractivity contribution in [1.29, 1.82) is 0 Å². The third-order valence-corrected chi connectivity index (χ3v) is 2.99. The van der Waals surface area contributed by atoms with Crippen molar-refractivity contribution in [1.82, 2.24) is 0 Å². The first-order valence-electron chi connectivity index (χ1n) is 6.38. The summed E-state index contributed by atoms with van der Waals surface area (Å²) in [6, 6.07) is 13.5. The number of benzene rings is 2. The van der Waals surface area contributed by atoms with Crippen molar-refractivity contribution in [3.8, 4) is 11.5 Å². The van der Waals surface area contributed by atoms with Crippen molar-refractivity contribution in [3.63, 3.8) is 0 Å². The number of nitrogens with zero attached hydrogens (tertiary/aromatic N) is 1. The van der Waals surface area contributed by atoms with Gasteiger partial charge in [-0.05, 0) is 30.2 Å². The number of hydrogen-bond acceptors (Lipinski definition) is 4. The monoisotopic (exact) mass is 272 g/mol. The Bertz CT molecular complexity index is 614. The molecule has 0 aliphatic carbocycles. The molecule has 0 saturated carbocycles. The van der Waals surface area contributed by atoms with E-state index in [2.05, 4.69) is 0 Å². The molecule has 0 radical (unpaired) electrons. The maximum atomic E-state index is 10.7. The number of nitrogens with two attached hydrogens (primary N) is 1. The third kappa shape index (κ3) is 3.33. The fraction of sp³-hybridized carbons (Fsp3) is 0.200. The van der Waals surface area contributed by atoms with Crippen LogP contribution in [0.4, 0.5) is 5.69 Å². The summed E-state index contributed by atoms with van der Waals surface area (Å²) in [5.74, 6) is 1.05. The van der Waals surface area contributed by atoms with Crippen LogP contribution in [-0.2, 0) is 0 Å². The van der Waals surface area contributed by atoms with E-state index in [1.54, 1.807) is 18.2 Å². The van der Waals surface area contributed by atoms with Crippen LogP contribution in [0.25, 0.3) is 0 Å². The molecule has 1 atom stereocenters. The Morgan fingerprint density at radius 2 is 1.85 bits per heavy atom. The van der Waals surface area contributed by atoms with Gasteiger partial charge in [0.2, 0.25) is 0 Å². The quantitative estimate of drug-likeness (QED) is 0.663. The smallest absolute Gasteiger partial charge is 0.273 e. The van der Waals surface area contributed by atoms with Crippen molar-refractivity contribution < 1.29 is 9.66 Å². The van der Waals surface area contributed by atoms with Crippen LogP contribution in [0.3, 0.4) is 0 Å². The van der Waals surface area contributed by atoms with Gasteiger partial charge in [-0.25, -0.2) is 0 Å². The predicted octanol–water partition coefficient (Wildman–Crippen LogP) is 3.80. The molecule has 0 spiro atoms. The van der Waals surface area contributed by atoms with Crippen LogP contribution in [-0.4, -0.2) is 4.92 Å². The van der Waals surface area contributed by atoms with Crippen LogP contribution in [0.5, 0.6) is 11.5 Å². The highest BCUT2D eigenvalue weighted by Gasteiger charge is 2.08. The third-order valence-electron chi connectivity index (χ3n) is 2.99. The molecule has 2 aromatic rings. The lowest BCUT2D eigenvalue weighted by Gasteiger charge is -2.11. The zero-order valence-electron chi connectivity index (χ0n) is 11.2. The van der Waals surface area contributed by atoms with Crippen molar-refractivity contribution in [2.75, 3.05) is 0 Å². The number of ether oxygens (including phenoxy) is 1. The van der Waals surface area contributed by atoms with Crippen LogP contribution < -0.4 is 10.5 Å². The Hall–Kier alpha value is -2.40. The van der Waals surface area contributed by atoms with Crippen LogP contribution in [0.2, 0.25) is 0 Å². The first kappa shape index (κ1) is 14.0. The van der Waals surface area contributed by atoms with E-state index in [1.807, 2.05) is 25.1 Å². The van der Waals surface area contributed by atoms with Crippen LogP contribution >= 0.6 is 0 Å². The SMILES string of the molecule is CCC(N)c1cccc(Oc2cccc([N+](=O)[O-])c2)c1. The molecule has 0 aliphatic rings. The number of non-ortho nitro benzene ring substituents is 1. The van der Waals surface area contributed by atoms with E-state index in [-0.39, 0.29) is 11.7 Å². The standard InChI is InChI=1S/C15H16N2O3/c1-2-15(16)11-5-3-7-13(9-11)20-14-8-4-6-12(10-14)17(18)19/h3-10,15H,2,16H2,1H3. The summed E-state index contributed by atoms with van der Waals surface area (Å²) in [4.78, 5) is 10.3. The fourth-order valence-electron chi connectivity index (χ4n) is 1.84. The molecule has 0 aromatic heterocycles. The predicted molar refractivity (Wildman–Crippen MR) is 76.8 cm³/mol. The van der Waals surface area contributed by atoms with Crippen molar-refractivity contribution >= 4 is 5.69 Å². The molecule has 5 heteroatoms. The van der Waals surface area contributed by atoms with Gasteiger partial charge in [-0.15, -0.1) is 0 Å². The molecule has 2 aromatic carbocycles. The first-order chi connectivity index (χ1) is 9.60. The molecule has 5 nitrogen and oxygen atoms in total. The van der Waals surface area contributed by atoms with Gasteiger partial charge in [0.05, 0.1) is 11.0 Å². The maximum absolute atomic E-state index is 10.7. The highest BCUT2D eigenvalue weighted by Crippen LogP contribution is 2.27. The Kier molecular flexibility index (Phi) is 4.32. The summed E-state index contributed by atoms with van der Waals surface area (Å²) in [6.45, 7) is 2.01. The molecular weight excluding hydrogens is 256 g/mol. The highest BCUT2D eigenvalue weighted by molar-refractivity contribution is 5.41. The molecule has 0 aliphatic heterocycles. The Labute approximate surface area is 117 Å². The molecule has 104 valence electrons. The van der Waals surface area contributed by atoms with E-state index in [0.29, 0.717) is 11.5 Å². The lowest BCUT2D eigenvalue weighted by molar-refractivity contribution is -0.384. The van der Waals surface area contributed by atoms with E-state index in [1.165, 1.54) is 12.1 Å². The first-order valence-corrected chi connectivity index (χ1v) is 6.38. The van der Waals surface area contributed by atoms with Crippen LogP contribution in [0.15, 0.2) is 48.5 Å². The zero-order chi connectivity index (χ0) is 14.5. The molecule has 0 heterocycles. The van der Waals surface area contributed by atoms with Gasteiger partial charge < -0.3 is 10.5 Å². The van der Waals surface area contributed by atoms with Crippen molar-refractivity contribution in [2.45, 2.75) is 19.4 Å². The summed E-state index contributed by atoms with van der Waals surface area (Å²) in [7, 11) is 0. The molecule has 2 N–H and O–H groups in total. The van der Waals surface area contributed by atoms with Gasteiger partial charge in [-0.2, -0.15) is 0 Å². The molecule has 20 heavy (non-hydrogen) atoms. The lowest BCUT2D eigenvalue weighted by Crippen LogP contribution is -2.08. The second-order valence-corrected chi connectivity index (χ2v) is 4.44. The highest BCUT2D eigenvalue weighted by atomic mass is 16.6. The van der Waals surface area contributed by atoms with E-state index in [4.69, 9.17) is 10.5 Å². The van der Waals surface area contributed by atoms with E-state index in [9.17, 15) is 10.1 Å². The van der Waals surface area contributed by atoms with Gasteiger partial charge in [0.1, 0.15) is 11.5 Å². The molecule has 0 bridgehead atoms. The molecule has 0 saturated heterocycles. The molecule has 0 fully saturated rings. The molecular formula is C15H16N2O3. The minimum atomic E-state index is -0.448. The number of nitro groups is 1. The van der Waals surface area contributed by atoms with Gasteiger partial charge in [0, 0.05) is 12.1 Å². The topological polar surface area (TPSA) is 78.4 Å². The largest absolute Gasteiger partial charge is 0.457 e. The Morgan fingerprint density at radius 1 is 1.20 bits per heavy atom. The zero-order valence-corrected chi connectivity index (χ0v) is 11.2. The Morgan fingerprint density at radius 3 is 2.50 bits per heavy atom. The van der Waals surface area contributed by atoms with E-state index >= 15 is 0 Å². The summed E-state index contributed by atoms with van der Waals surface area (Å²) in [5, 5.41) is 10.7. The van der Waals surface area contributed by atoms with Crippen LogP contribution in [0, 0.1) is 10.1 Å². The minimum absolute atomic E-state index is 0.00362. The fourth-order valence-corrected chi connectivity index (χ4v) is 1.84. The Balaban J connectivity index is 2.21. The average molecular weight is 272 g/mol. The van der Waals surface area contributed by atoms with Crippen molar-refractivity contribution in [2.24, 2.45) is 5.73 Å². The normalized spacial score (nSPS) is 11.9. The number of hydrogen-bond donors (Lipinski definition) is 1. The summed E-state index contributed by atoms with van der Waals surface area (Å²) in [6.07, 6.45) is 0.834. The van der Waals surface area contributed by atoms with E-state index < -0.39 is 4.92 Å². The van der Waals surface area contributed by atoms with Gasteiger partial charge in [-0.1, -0.05) is 25.1 Å². The summed E-state index contributed by atoms with van der Waals surface area (Å²) < 4.78 is 5.64. The molecule has 0 amide bonds. The van der Waals surface area contributed by atoms with Gasteiger partial charge in [0.15, 0.2) is 0 Å². The summed E-state index contributed by atoms with van der Waals surface area (Å²) >= 11 is 0. The van der Waals surface area contributed by atoms with Gasteiger partial charge in [-0.3, -0.25) is 10.1 Å². The lowest BCUT2D eigenvalue weighted by atomic mass is 10.1. The summed E-state index contributed by atoms with van der Waals surface area (Å²) in [5.41, 5.74) is 6.96. The van der Waals surface area contributed by atoms with Gasteiger partial charge in [0.25, 0.3) is 5.69 Å².